The molecule has 1 heterocycles. The molecule has 3 heteroatoms. The molecule has 1 aliphatic rings. The van der Waals surface area contributed by atoms with Crippen molar-refractivity contribution in [3.05, 3.63) is 0 Å². The van der Waals surface area contributed by atoms with Gasteiger partial charge in [0.2, 0.25) is 0 Å². The molecule has 0 nitrogen and oxygen atoms in total. The maximum atomic E-state index is 4.56. The Kier molecular flexibility index (Phi) is 1.69. The van der Waals surface area contributed by atoms with Crippen LogP contribution in [0, 0.1) is 0 Å². The molecule has 1 aliphatic heterocycles. The zero-order chi connectivity index (χ0) is 5.49. The van der Waals surface area contributed by atoms with Gasteiger partial charge in [-0.3, -0.25) is 0 Å². The Hall–Kier alpha value is 1.21. The first kappa shape index (κ1) is 6.33. The molecular weight excluding hydrogens is 142 g/mol. The number of rotatable bonds is 0. The van der Waals surface area contributed by atoms with Crippen molar-refractivity contribution in [3.63, 3.8) is 0 Å². The van der Waals surface area contributed by atoms with Gasteiger partial charge in [0.05, 0.1) is 0 Å². The average Bonchev–Trinajstić information content (AvgIpc) is 1.27. The van der Waals surface area contributed by atoms with Crippen LogP contribution < -0.4 is 0 Å². The van der Waals surface area contributed by atoms with Crippen molar-refractivity contribution < 1.29 is 0 Å². The van der Waals surface area contributed by atoms with Crippen LogP contribution in [0.15, 0.2) is 0 Å². The topological polar surface area (TPSA) is 0 Å². The van der Waals surface area contributed by atoms with E-state index in [9.17, 15) is 0 Å². The molecule has 0 unspecified atom stereocenters. The molecule has 0 saturated carbocycles. The Balaban J connectivity index is 2.29. The van der Waals surface area contributed by atoms with Gasteiger partial charge in [-0.15, -0.1) is 0 Å². The van der Waals surface area contributed by atoms with Crippen molar-refractivity contribution in [1.82, 2.24) is 0 Å². The monoisotopic (exact) mass is 154 g/mol. The Morgan fingerprint density at radius 1 is 1.57 bits per heavy atom. The molecule has 0 aromatic carbocycles. The van der Waals surface area contributed by atoms with Gasteiger partial charge in [-0.05, 0) is 0 Å². The molecular formula is C4H12P2S. The van der Waals surface area contributed by atoms with E-state index in [1.165, 1.54) is 11.8 Å². The summed E-state index contributed by atoms with van der Waals surface area (Å²) in [6, 6.07) is 0. The standard InChI is InChI=1S/C4H12P2S/c1-5-3-6(2,7)4-5/h6-7H,3-4H2,1-2H3. The molecule has 0 amide bonds. The van der Waals surface area contributed by atoms with Crippen molar-refractivity contribution in [2.45, 2.75) is 0 Å². The average molecular weight is 154 g/mol. The number of hydrogen-bond acceptors (Lipinski definition) is 1. The van der Waals surface area contributed by atoms with Crippen molar-refractivity contribution >= 4 is 26.6 Å². The van der Waals surface area contributed by atoms with E-state index in [0.717, 1.165) is 0 Å². The van der Waals surface area contributed by atoms with Gasteiger partial charge in [0, 0.05) is 0 Å². The van der Waals surface area contributed by atoms with Crippen molar-refractivity contribution in [2.75, 3.05) is 25.1 Å². The minimum absolute atomic E-state index is 0.480. The van der Waals surface area contributed by atoms with E-state index in [4.69, 9.17) is 0 Å². The van der Waals surface area contributed by atoms with Crippen LogP contribution in [0.2, 0.25) is 0 Å². The molecule has 7 heavy (non-hydrogen) atoms. The van der Waals surface area contributed by atoms with Crippen LogP contribution in [0.5, 0.6) is 0 Å². The summed E-state index contributed by atoms with van der Waals surface area (Å²) >= 11 is 4.56. The van der Waals surface area contributed by atoms with E-state index < -0.39 is 6.46 Å². The predicted molar refractivity (Wildman–Crippen MR) is 45.8 cm³/mol. The van der Waals surface area contributed by atoms with Crippen LogP contribution in [0.4, 0.5) is 0 Å². The van der Waals surface area contributed by atoms with Crippen LogP contribution in [0.1, 0.15) is 0 Å². The van der Waals surface area contributed by atoms with E-state index in [0.29, 0.717) is 7.92 Å². The third-order valence-electron chi connectivity index (χ3n) is 1.22. The molecule has 0 spiro atoms. The number of thiol groups is 1. The maximum absolute atomic E-state index is 4.56. The second-order valence-corrected chi connectivity index (χ2v) is 13.1. The Bertz CT molecular complexity index is 73.8. The molecule has 1 saturated heterocycles. The molecule has 1 fully saturated rings. The van der Waals surface area contributed by atoms with Gasteiger partial charge in [0.15, 0.2) is 0 Å². The summed E-state index contributed by atoms with van der Waals surface area (Å²) in [6.45, 7) is 3.94. The van der Waals surface area contributed by atoms with Gasteiger partial charge in [0.1, 0.15) is 0 Å². The van der Waals surface area contributed by atoms with Crippen LogP contribution in [-0.4, -0.2) is 25.1 Å². The van der Waals surface area contributed by atoms with Crippen molar-refractivity contribution in [1.29, 1.82) is 0 Å². The first-order chi connectivity index (χ1) is 3.10. The van der Waals surface area contributed by atoms with E-state index in [1.54, 1.807) is 0 Å². The van der Waals surface area contributed by atoms with Crippen LogP contribution >= 0.6 is 26.6 Å². The quantitative estimate of drug-likeness (QED) is 0.401. The van der Waals surface area contributed by atoms with Gasteiger partial charge in [-0.1, -0.05) is 0 Å². The number of hydrogen-bond donors (Lipinski definition) is 1. The van der Waals surface area contributed by atoms with Crippen LogP contribution in [-0.2, 0) is 0 Å². The summed E-state index contributed by atoms with van der Waals surface area (Å²) in [5, 5.41) is 0. The van der Waals surface area contributed by atoms with E-state index in [-0.39, 0.29) is 0 Å². The minimum atomic E-state index is -0.790. The Morgan fingerprint density at radius 2 is 2.00 bits per heavy atom. The fraction of sp³-hybridized carbons (Fsp3) is 1.00. The summed E-state index contributed by atoms with van der Waals surface area (Å²) in [5.41, 5.74) is 0. The molecule has 0 atom stereocenters. The normalized spacial score (nSPS) is 41.9. The molecule has 0 radical (unpaired) electrons. The first-order valence-corrected chi connectivity index (χ1v) is 8.87. The summed E-state index contributed by atoms with van der Waals surface area (Å²) in [5.74, 6) is 3.01. The van der Waals surface area contributed by atoms with Crippen LogP contribution in [0.3, 0.4) is 0 Å². The Morgan fingerprint density at radius 3 is 2.00 bits per heavy atom. The molecule has 0 aromatic heterocycles. The van der Waals surface area contributed by atoms with Gasteiger partial charge in [-0.25, -0.2) is 0 Å². The van der Waals surface area contributed by atoms with Gasteiger partial charge in [-0.2, -0.15) is 0 Å². The first-order valence-electron chi connectivity index (χ1n) is 2.51. The van der Waals surface area contributed by atoms with Gasteiger partial charge >= 0.3 is 51.8 Å². The summed E-state index contributed by atoms with van der Waals surface area (Å²) in [7, 11) is 0.480. The Labute approximate surface area is 52.3 Å². The fourth-order valence-electron chi connectivity index (χ4n) is 1.12. The molecule has 1 rings (SSSR count). The van der Waals surface area contributed by atoms with E-state index in [1.807, 2.05) is 0 Å². The third kappa shape index (κ3) is 1.56. The summed E-state index contributed by atoms with van der Waals surface area (Å²) in [4.78, 5) is 0. The van der Waals surface area contributed by atoms with Crippen molar-refractivity contribution in [2.24, 2.45) is 0 Å². The van der Waals surface area contributed by atoms with Gasteiger partial charge in [0.25, 0.3) is 0 Å². The zero-order valence-electron chi connectivity index (χ0n) is 4.81. The van der Waals surface area contributed by atoms with Gasteiger partial charge < -0.3 is 0 Å². The third-order valence-corrected chi connectivity index (χ3v) is 13.5. The predicted octanol–water partition coefficient (Wildman–Crippen LogP) is 2.25. The zero-order valence-corrected chi connectivity index (χ0v) is 7.60. The van der Waals surface area contributed by atoms with Crippen molar-refractivity contribution in [3.8, 4) is 0 Å². The molecule has 0 aromatic rings. The van der Waals surface area contributed by atoms with E-state index in [2.05, 4.69) is 25.6 Å². The molecule has 44 valence electrons. The molecule has 0 bridgehead atoms. The SMILES string of the molecule is CP1C[PH](C)(S)C1. The summed E-state index contributed by atoms with van der Waals surface area (Å²) < 4.78 is 0. The fourth-order valence-corrected chi connectivity index (χ4v) is 14.4. The summed E-state index contributed by atoms with van der Waals surface area (Å²) in [6.07, 6.45) is 0. The second-order valence-electron chi connectivity index (χ2n) is 2.67. The van der Waals surface area contributed by atoms with E-state index >= 15 is 0 Å². The molecule has 0 aliphatic carbocycles. The second kappa shape index (κ2) is 1.87. The van der Waals surface area contributed by atoms with Crippen LogP contribution in [0.25, 0.3) is 0 Å². The molecule has 0 N–H and O–H groups in total.